The van der Waals surface area contributed by atoms with E-state index in [1.165, 1.54) is 17.0 Å². The smallest absolute Gasteiger partial charge is 0.0807 e. The fourth-order valence-electron chi connectivity index (χ4n) is 3.04. The summed E-state index contributed by atoms with van der Waals surface area (Å²) in [5.41, 5.74) is 4.90. The first-order chi connectivity index (χ1) is 9.15. The van der Waals surface area contributed by atoms with Gasteiger partial charge in [-0.3, -0.25) is 4.68 Å². The highest BCUT2D eigenvalue weighted by atomic mass is 16.3. The molecule has 1 unspecified atom stereocenters. The van der Waals surface area contributed by atoms with Crippen LogP contribution >= 0.6 is 0 Å². The van der Waals surface area contributed by atoms with E-state index in [4.69, 9.17) is 0 Å². The first-order valence-electron chi connectivity index (χ1n) is 7.01. The second-order valence-electron chi connectivity index (χ2n) is 5.53. The van der Waals surface area contributed by atoms with Gasteiger partial charge in [0.1, 0.15) is 0 Å². The SMILES string of the molecule is Cc1cnn(CCn2c(C)cc3c2CCCC3O)c1. The minimum Gasteiger partial charge on any atom is -0.388 e. The maximum Gasteiger partial charge on any atom is 0.0807 e. The van der Waals surface area contributed by atoms with Crippen LogP contribution in [0.1, 0.15) is 41.5 Å². The van der Waals surface area contributed by atoms with Gasteiger partial charge in [-0.05, 0) is 44.7 Å². The largest absolute Gasteiger partial charge is 0.388 e. The van der Waals surface area contributed by atoms with Crippen molar-refractivity contribution in [2.75, 3.05) is 0 Å². The van der Waals surface area contributed by atoms with Crippen LogP contribution in [0.2, 0.25) is 0 Å². The number of rotatable bonds is 3. The molecule has 4 heteroatoms. The summed E-state index contributed by atoms with van der Waals surface area (Å²) in [5, 5.41) is 14.4. The molecule has 0 aliphatic heterocycles. The van der Waals surface area contributed by atoms with Crippen LogP contribution in [0.4, 0.5) is 0 Å². The topological polar surface area (TPSA) is 43.0 Å². The summed E-state index contributed by atoms with van der Waals surface area (Å²) >= 11 is 0. The second kappa shape index (κ2) is 4.85. The van der Waals surface area contributed by atoms with Gasteiger partial charge in [0.2, 0.25) is 0 Å². The van der Waals surface area contributed by atoms with Gasteiger partial charge in [0.15, 0.2) is 0 Å². The second-order valence-corrected chi connectivity index (χ2v) is 5.53. The lowest BCUT2D eigenvalue weighted by molar-refractivity contribution is 0.155. The molecular formula is C15H21N3O. The molecule has 19 heavy (non-hydrogen) atoms. The lowest BCUT2D eigenvalue weighted by Gasteiger charge is -2.20. The average molecular weight is 259 g/mol. The Hall–Kier alpha value is -1.55. The molecule has 102 valence electrons. The molecule has 0 aromatic carbocycles. The zero-order chi connectivity index (χ0) is 13.4. The van der Waals surface area contributed by atoms with Crippen molar-refractivity contribution in [2.45, 2.75) is 52.3 Å². The van der Waals surface area contributed by atoms with Crippen molar-refractivity contribution in [3.63, 3.8) is 0 Å². The molecule has 0 saturated heterocycles. The fourth-order valence-corrected chi connectivity index (χ4v) is 3.04. The molecule has 4 nitrogen and oxygen atoms in total. The zero-order valence-electron chi connectivity index (χ0n) is 11.6. The molecule has 0 radical (unpaired) electrons. The molecule has 2 aromatic heterocycles. The molecule has 2 aromatic rings. The van der Waals surface area contributed by atoms with E-state index in [1.54, 1.807) is 0 Å². The van der Waals surface area contributed by atoms with Gasteiger partial charge in [-0.1, -0.05) is 0 Å². The van der Waals surface area contributed by atoms with Crippen LogP contribution in [0.3, 0.4) is 0 Å². The van der Waals surface area contributed by atoms with Gasteiger partial charge in [0.25, 0.3) is 0 Å². The number of hydrogen-bond acceptors (Lipinski definition) is 2. The van der Waals surface area contributed by atoms with E-state index in [9.17, 15) is 5.11 Å². The molecule has 0 fully saturated rings. The van der Waals surface area contributed by atoms with Gasteiger partial charge in [0, 0.05) is 29.7 Å². The van der Waals surface area contributed by atoms with Crippen LogP contribution in [0.25, 0.3) is 0 Å². The Kier molecular flexibility index (Phi) is 3.19. The predicted molar refractivity (Wildman–Crippen MR) is 74.0 cm³/mol. The third kappa shape index (κ3) is 2.32. The Morgan fingerprint density at radius 3 is 2.95 bits per heavy atom. The van der Waals surface area contributed by atoms with Crippen LogP contribution in [0.15, 0.2) is 18.5 Å². The highest BCUT2D eigenvalue weighted by Crippen LogP contribution is 2.32. The van der Waals surface area contributed by atoms with Gasteiger partial charge in [-0.25, -0.2) is 0 Å². The van der Waals surface area contributed by atoms with Gasteiger partial charge < -0.3 is 9.67 Å². The van der Waals surface area contributed by atoms with Crippen molar-refractivity contribution in [3.8, 4) is 0 Å². The van der Waals surface area contributed by atoms with Gasteiger partial charge in [-0.15, -0.1) is 0 Å². The molecule has 0 saturated carbocycles. The lowest BCUT2D eigenvalue weighted by Crippen LogP contribution is -2.15. The Morgan fingerprint density at radius 1 is 1.37 bits per heavy atom. The number of fused-ring (bicyclic) bond motifs is 1. The Balaban J connectivity index is 1.81. The van der Waals surface area contributed by atoms with E-state index in [0.717, 1.165) is 37.9 Å². The number of aliphatic hydroxyl groups excluding tert-OH is 1. The molecule has 1 aliphatic rings. The number of aliphatic hydroxyl groups is 1. The third-order valence-electron chi connectivity index (χ3n) is 4.01. The molecular weight excluding hydrogens is 238 g/mol. The number of nitrogens with zero attached hydrogens (tertiary/aromatic N) is 3. The summed E-state index contributed by atoms with van der Waals surface area (Å²) in [5.74, 6) is 0. The van der Waals surface area contributed by atoms with Crippen LogP contribution in [0.5, 0.6) is 0 Å². The third-order valence-corrected chi connectivity index (χ3v) is 4.01. The van der Waals surface area contributed by atoms with Crippen molar-refractivity contribution in [2.24, 2.45) is 0 Å². The molecule has 1 N–H and O–H groups in total. The van der Waals surface area contributed by atoms with E-state index in [1.807, 2.05) is 10.9 Å². The Labute approximate surface area is 113 Å². The van der Waals surface area contributed by atoms with E-state index in [0.29, 0.717) is 0 Å². The number of hydrogen-bond donors (Lipinski definition) is 1. The summed E-state index contributed by atoms with van der Waals surface area (Å²) in [6.07, 6.45) is 6.75. The van der Waals surface area contributed by atoms with Crippen molar-refractivity contribution in [1.29, 1.82) is 0 Å². The van der Waals surface area contributed by atoms with Crippen LogP contribution in [-0.4, -0.2) is 19.5 Å². The van der Waals surface area contributed by atoms with Crippen LogP contribution in [0, 0.1) is 13.8 Å². The first-order valence-corrected chi connectivity index (χ1v) is 7.01. The summed E-state index contributed by atoms with van der Waals surface area (Å²) in [6.45, 7) is 5.99. The highest BCUT2D eigenvalue weighted by Gasteiger charge is 2.22. The van der Waals surface area contributed by atoms with E-state index in [2.05, 4.69) is 35.8 Å². The average Bonchev–Trinajstić information content (AvgIpc) is 2.92. The maximum atomic E-state index is 10.1. The quantitative estimate of drug-likeness (QED) is 0.919. The minimum absolute atomic E-state index is 0.268. The molecule has 2 heterocycles. The number of aromatic nitrogens is 3. The summed E-state index contributed by atoms with van der Waals surface area (Å²) in [7, 11) is 0. The monoisotopic (exact) mass is 259 g/mol. The summed E-state index contributed by atoms with van der Waals surface area (Å²) in [6, 6.07) is 2.15. The number of aryl methyl sites for hydroxylation is 3. The van der Waals surface area contributed by atoms with Crippen LogP contribution in [-0.2, 0) is 19.5 Å². The zero-order valence-corrected chi connectivity index (χ0v) is 11.6. The molecule has 3 rings (SSSR count). The molecule has 1 atom stereocenters. The van der Waals surface area contributed by atoms with E-state index in [-0.39, 0.29) is 6.10 Å². The lowest BCUT2D eigenvalue weighted by atomic mass is 9.95. The predicted octanol–water partition coefficient (Wildman–Crippen LogP) is 2.37. The summed E-state index contributed by atoms with van der Waals surface area (Å²) in [4.78, 5) is 0. The Bertz CT molecular complexity index is 582. The first kappa shape index (κ1) is 12.5. The standard InChI is InChI=1S/C15H21N3O/c1-11-9-16-17(10-11)6-7-18-12(2)8-13-14(18)4-3-5-15(13)19/h8-10,15,19H,3-7H2,1-2H3. The van der Waals surface area contributed by atoms with Gasteiger partial charge in [-0.2, -0.15) is 5.10 Å². The highest BCUT2D eigenvalue weighted by molar-refractivity contribution is 5.31. The Morgan fingerprint density at radius 2 is 2.21 bits per heavy atom. The normalized spacial score (nSPS) is 18.6. The molecule has 1 aliphatic carbocycles. The van der Waals surface area contributed by atoms with Crippen molar-refractivity contribution >= 4 is 0 Å². The summed E-state index contributed by atoms with van der Waals surface area (Å²) < 4.78 is 4.33. The van der Waals surface area contributed by atoms with Gasteiger partial charge >= 0.3 is 0 Å². The van der Waals surface area contributed by atoms with Gasteiger partial charge in [0.05, 0.1) is 18.8 Å². The molecule has 0 amide bonds. The van der Waals surface area contributed by atoms with Crippen molar-refractivity contribution in [3.05, 3.63) is 41.0 Å². The fraction of sp³-hybridized carbons (Fsp3) is 0.533. The minimum atomic E-state index is -0.268. The van der Waals surface area contributed by atoms with E-state index < -0.39 is 0 Å². The van der Waals surface area contributed by atoms with Crippen LogP contribution < -0.4 is 0 Å². The van der Waals surface area contributed by atoms with Crippen molar-refractivity contribution in [1.82, 2.24) is 14.3 Å². The molecule has 0 spiro atoms. The maximum absolute atomic E-state index is 10.1. The molecule has 0 bridgehead atoms. The van der Waals surface area contributed by atoms with Crippen molar-refractivity contribution < 1.29 is 5.11 Å². The van der Waals surface area contributed by atoms with E-state index >= 15 is 0 Å².